The van der Waals surface area contributed by atoms with E-state index >= 15 is 0 Å². The van der Waals surface area contributed by atoms with Crippen molar-refractivity contribution in [1.82, 2.24) is 0 Å². The average molecular weight is 1550 g/mol. The first-order valence-corrected chi connectivity index (χ1v) is 45.1. The molecule has 5 atom stereocenters. The zero-order chi connectivity index (χ0) is 78.9. The van der Waals surface area contributed by atoms with Gasteiger partial charge in [-0.25, -0.2) is 9.13 Å². The highest BCUT2D eigenvalue weighted by Gasteiger charge is 2.30. The summed E-state index contributed by atoms with van der Waals surface area (Å²) in [4.78, 5) is 73.2. The minimum absolute atomic E-state index is 0.0601. The van der Waals surface area contributed by atoms with Crippen LogP contribution in [0.2, 0.25) is 0 Å². The number of carbonyl (C=O) groups is 4. The van der Waals surface area contributed by atoms with Crippen LogP contribution in [0.5, 0.6) is 0 Å². The van der Waals surface area contributed by atoms with Gasteiger partial charge in [-0.05, 0) is 167 Å². The molecule has 0 fully saturated rings. The summed E-state index contributed by atoms with van der Waals surface area (Å²) in [5.41, 5.74) is 0. The lowest BCUT2D eigenvalue weighted by atomic mass is 10.1. The molecule has 0 aromatic heterocycles. The fourth-order valence-corrected chi connectivity index (χ4v) is 12.5. The molecule has 0 amide bonds. The van der Waals surface area contributed by atoms with Crippen molar-refractivity contribution in [2.75, 3.05) is 39.6 Å². The Kier molecular flexibility index (Phi) is 76.3. The molecule has 0 spiro atoms. The molecule has 0 saturated carbocycles. The molecule has 3 N–H and O–H groups in total. The van der Waals surface area contributed by atoms with Gasteiger partial charge in [0.1, 0.15) is 19.3 Å². The van der Waals surface area contributed by atoms with Gasteiger partial charge in [0.05, 0.1) is 26.4 Å². The highest BCUT2D eigenvalue weighted by molar-refractivity contribution is 7.47. The SMILES string of the molecule is CC/C=C\C/C=C\C/C=C\C/C=C\CCCCCCCCC(=O)OCC(COP(=O)(O)OCC(O)COP(=O)(O)OCC(COC(=O)CCCCCCCC/C=C\C/C=C\C/C=C\CCCCC)OC(=O)CCCCCC/C=C\C/C=C\C/C=C\C/C=C\CC)OC(=O)CCCCCCC/C=C\CCCCCC. The molecule has 0 aliphatic rings. The molecule has 0 saturated heterocycles. The highest BCUT2D eigenvalue weighted by atomic mass is 31.2. The fourth-order valence-electron chi connectivity index (χ4n) is 10.9. The van der Waals surface area contributed by atoms with E-state index in [2.05, 4.69) is 174 Å². The second-order valence-electron chi connectivity index (χ2n) is 27.6. The van der Waals surface area contributed by atoms with E-state index < -0.39 is 97.5 Å². The Bertz CT molecular complexity index is 2610. The van der Waals surface area contributed by atoms with Crippen molar-refractivity contribution in [2.24, 2.45) is 0 Å². The van der Waals surface area contributed by atoms with E-state index in [0.717, 1.165) is 212 Å². The van der Waals surface area contributed by atoms with Crippen molar-refractivity contribution < 1.29 is 80.2 Å². The van der Waals surface area contributed by atoms with Crippen LogP contribution in [0.4, 0.5) is 0 Å². The summed E-state index contributed by atoms with van der Waals surface area (Å²) in [7, 11) is -9.99. The molecular weight excluding hydrogens is 1400 g/mol. The number of carbonyl (C=O) groups excluding carboxylic acids is 4. The molecule has 19 heteroatoms. The normalized spacial score (nSPS) is 14.5. The van der Waals surface area contributed by atoms with E-state index in [0.29, 0.717) is 25.7 Å². The van der Waals surface area contributed by atoms with Crippen molar-refractivity contribution in [3.05, 3.63) is 146 Å². The summed E-state index contributed by atoms with van der Waals surface area (Å²) in [6.07, 6.45) is 92.3. The van der Waals surface area contributed by atoms with Gasteiger partial charge in [-0.2, -0.15) is 0 Å². The summed E-state index contributed by atoms with van der Waals surface area (Å²) in [6, 6.07) is 0. The number of phosphoric acid groups is 2. The van der Waals surface area contributed by atoms with E-state index in [-0.39, 0.29) is 25.7 Å². The first kappa shape index (κ1) is 103. The van der Waals surface area contributed by atoms with Crippen LogP contribution in [0.3, 0.4) is 0 Å². The van der Waals surface area contributed by atoms with Gasteiger partial charge in [0.25, 0.3) is 0 Å². The highest BCUT2D eigenvalue weighted by Crippen LogP contribution is 2.45. The van der Waals surface area contributed by atoms with Gasteiger partial charge in [0.15, 0.2) is 12.2 Å². The number of aliphatic hydroxyl groups excluding tert-OH is 1. The molecule has 0 aromatic rings. The molecule has 0 aromatic carbocycles. The maximum Gasteiger partial charge on any atom is 0.472 e. The number of hydrogen-bond acceptors (Lipinski definition) is 15. The van der Waals surface area contributed by atoms with Crippen LogP contribution in [0.25, 0.3) is 0 Å². The van der Waals surface area contributed by atoms with Crippen molar-refractivity contribution >= 4 is 39.5 Å². The number of rotatable bonds is 78. The van der Waals surface area contributed by atoms with Crippen LogP contribution < -0.4 is 0 Å². The molecule has 108 heavy (non-hydrogen) atoms. The maximum absolute atomic E-state index is 13.1. The summed E-state index contributed by atoms with van der Waals surface area (Å²) >= 11 is 0. The lowest BCUT2D eigenvalue weighted by Crippen LogP contribution is -2.30. The van der Waals surface area contributed by atoms with Gasteiger partial charge in [0.2, 0.25) is 0 Å². The number of allylic oxidation sites excluding steroid dienone is 24. The molecule has 618 valence electrons. The number of aliphatic hydroxyl groups is 1. The van der Waals surface area contributed by atoms with E-state index in [1.807, 2.05) is 0 Å². The standard InChI is InChI=1S/C89H150O17P2/c1-5-9-13-17-21-25-29-33-36-39-41-44-46-50-53-57-61-65-69-73-86(91)99-79-84(105-88(93)75-71-67-63-59-55-49-32-28-24-20-16-12-8-4)81-103-107(95,96)101-77-83(90)78-102-108(97,98)104-82-85(106-89(94)76-72-68-64-60-56-52-48-43-38-35-31-27-23-19-15-11-7-3)80-100-87(92)74-70-66-62-58-54-51-47-45-42-40-37-34-30-26-22-18-14-10-6-2/h9,11,13,15,21-23,25-28,32-38,41-42,44-45,48,52,83-85,90H,5-8,10,12,14,16-20,24,29-31,39-40,43,46-47,49-51,53-82H2,1-4H3,(H,95,96)(H,97,98)/b13-9-,15-11-,25-21-,26-22-,27-23-,32-28-,36-33-,37-34-,38-35-,44-41-,45-42-,52-48-. The van der Waals surface area contributed by atoms with Crippen molar-refractivity contribution in [2.45, 2.75) is 354 Å². The number of ether oxygens (including phenoxy) is 4. The predicted octanol–water partition coefficient (Wildman–Crippen LogP) is 25.0. The molecule has 0 rings (SSSR count). The van der Waals surface area contributed by atoms with Crippen LogP contribution in [-0.2, 0) is 65.4 Å². The molecule has 0 heterocycles. The first-order valence-electron chi connectivity index (χ1n) is 42.1. The third-order valence-corrected chi connectivity index (χ3v) is 19.2. The van der Waals surface area contributed by atoms with Gasteiger partial charge in [-0.15, -0.1) is 0 Å². The summed E-state index contributed by atoms with van der Waals surface area (Å²) in [5.74, 6) is -2.24. The smallest absolute Gasteiger partial charge is 0.462 e. The monoisotopic (exact) mass is 1550 g/mol. The number of esters is 4. The van der Waals surface area contributed by atoms with Crippen LogP contribution in [0.15, 0.2) is 146 Å². The Hall–Kier alpha value is -5.06. The van der Waals surface area contributed by atoms with E-state index in [1.54, 1.807) is 0 Å². The summed E-state index contributed by atoms with van der Waals surface area (Å²) in [5, 5.41) is 10.7. The molecule has 17 nitrogen and oxygen atoms in total. The minimum Gasteiger partial charge on any atom is -0.462 e. The Balaban J connectivity index is 5.41. The number of hydrogen-bond donors (Lipinski definition) is 3. The van der Waals surface area contributed by atoms with Crippen LogP contribution >= 0.6 is 15.6 Å². The lowest BCUT2D eigenvalue weighted by molar-refractivity contribution is -0.161. The van der Waals surface area contributed by atoms with Crippen LogP contribution in [0.1, 0.15) is 336 Å². The predicted molar refractivity (Wildman–Crippen MR) is 445 cm³/mol. The van der Waals surface area contributed by atoms with Gasteiger partial charge in [-0.1, -0.05) is 289 Å². The average Bonchev–Trinajstić information content (AvgIpc) is 0.916. The maximum atomic E-state index is 13.1. The molecule has 0 radical (unpaired) electrons. The quantitative estimate of drug-likeness (QED) is 0.0169. The molecular formula is C89H150O17P2. The third-order valence-electron chi connectivity index (χ3n) is 17.3. The molecule has 5 unspecified atom stereocenters. The van der Waals surface area contributed by atoms with E-state index in [4.69, 9.17) is 37.0 Å². The zero-order valence-corrected chi connectivity index (χ0v) is 69.5. The van der Waals surface area contributed by atoms with Crippen LogP contribution in [0, 0.1) is 0 Å². The summed E-state index contributed by atoms with van der Waals surface area (Å²) < 4.78 is 68.7. The fraction of sp³-hybridized carbons (Fsp3) is 0.685. The summed E-state index contributed by atoms with van der Waals surface area (Å²) in [6.45, 7) is 4.56. The molecule has 0 aliphatic heterocycles. The topological polar surface area (TPSA) is 237 Å². The Morgan fingerprint density at radius 2 is 0.481 bits per heavy atom. The molecule has 0 bridgehead atoms. The van der Waals surface area contributed by atoms with Crippen molar-refractivity contribution in [3.8, 4) is 0 Å². The van der Waals surface area contributed by atoms with Crippen molar-refractivity contribution in [1.29, 1.82) is 0 Å². The largest absolute Gasteiger partial charge is 0.472 e. The first-order chi connectivity index (χ1) is 52.7. The molecule has 0 aliphatic carbocycles. The van der Waals surface area contributed by atoms with Gasteiger partial charge < -0.3 is 33.8 Å². The number of unbranched alkanes of at least 4 members (excludes halogenated alkanes) is 28. The van der Waals surface area contributed by atoms with Gasteiger partial charge >= 0.3 is 39.5 Å². The second-order valence-corrected chi connectivity index (χ2v) is 30.6. The third kappa shape index (κ3) is 79.0. The Labute approximate surface area is 656 Å². The van der Waals surface area contributed by atoms with Crippen LogP contribution in [-0.4, -0.2) is 96.7 Å². The van der Waals surface area contributed by atoms with Crippen molar-refractivity contribution in [3.63, 3.8) is 0 Å². The number of phosphoric ester groups is 2. The zero-order valence-electron chi connectivity index (χ0n) is 67.7. The minimum atomic E-state index is -5.00. The Morgan fingerprint density at radius 1 is 0.269 bits per heavy atom. The van der Waals surface area contributed by atoms with E-state index in [9.17, 15) is 43.2 Å². The van der Waals surface area contributed by atoms with Gasteiger partial charge in [-0.3, -0.25) is 37.3 Å². The van der Waals surface area contributed by atoms with E-state index in [1.165, 1.54) is 44.9 Å². The van der Waals surface area contributed by atoms with Gasteiger partial charge in [0, 0.05) is 25.7 Å². The lowest BCUT2D eigenvalue weighted by Gasteiger charge is -2.21. The Morgan fingerprint density at radius 3 is 0.769 bits per heavy atom. The second kappa shape index (κ2) is 80.0.